The third-order valence-corrected chi connectivity index (χ3v) is 4.06. The van der Waals surface area contributed by atoms with Gasteiger partial charge in [-0.2, -0.15) is 0 Å². The Kier molecular flexibility index (Phi) is 3.46. The summed E-state index contributed by atoms with van der Waals surface area (Å²) in [5, 5.41) is 2.79. The average molecular weight is 276 g/mol. The molecule has 108 valence electrons. The smallest absolute Gasteiger partial charge is 0.245 e. The summed E-state index contributed by atoms with van der Waals surface area (Å²) in [7, 11) is 0. The molecule has 2 amide bonds. The Hall–Kier alpha value is -1.85. The minimum absolute atomic E-state index is 0.0160. The molecule has 2 heterocycles. The van der Waals surface area contributed by atoms with Crippen molar-refractivity contribution in [2.24, 2.45) is 5.92 Å². The second-order valence-corrected chi connectivity index (χ2v) is 5.70. The van der Waals surface area contributed by atoms with Crippen LogP contribution in [0.5, 0.6) is 0 Å². The Balaban J connectivity index is 1.63. The normalized spacial score (nSPS) is 26.8. The number of amides is 2. The topological polar surface area (TPSA) is 67.2 Å². The first-order valence-electron chi connectivity index (χ1n) is 7.23. The van der Waals surface area contributed by atoms with E-state index in [1.165, 1.54) is 0 Å². The summed E-state index contributed by atoms with van der Waals surface area (Å²) in [6, 6.07) is -0.646. The van der Waals surface area contributed by atoms with E-state index in [0.29, 0.717) is 12.5 Å². The first-order valence-corrected chi connectivity index (χ1v) is 7.23. The van der Waals surface area contributed by atoms with E-state index >= 15 is 0 Å². The fraction of sp³-hybridized carbons (Fsp3) is 0.643. The molecule has 1 saturated carbocycles. The first-order chi connectivity index (χ1) is 9.66. The minimum Gasteiger partial charge on any atom is -0.343 e. The molecule has 2 atom stereocenters. The largest absolute Gasteiger partial charge is 0.343 e. The van der Waals surface area contributed by atoms with Gasteiger partial charge in [0.25, 0.3) is 0 Å². The summed E-state index contributed by atoms with van der Waals surface area (Å²) in [5.74, 6) is 0.425. The molecule has 0 radical (unpaired) electrons. The van der Waals surface area contributed by atoms with Crippen molar-refractivity contribution in [2.45, 2.75) is 44.8 Å². The summed E-state index contributed by atoms with van der Waals surface area (Å²) in [4.78, 5) is 30.2. The van der Waals surface area contributed by atoms with Gasteiger partial charge in [0.1, 0.15) is 12.1 Å². The highest BCUT2D eigenvalue weighted by atomic mass is 16.2. The lowest BCUT2D eigenvalue weighted by Crippen LogP contribution is -2.63. The molecule has 1 aliphatic heterocycles. The number of carbonyl (C=O) groups is 2. The minimum atomic E-state index is -0.397. The van der Waals surface area contributed by atoms with Gasteiger partial charge in [0, 0.05) is 25.5 Å². The number of carbonyl (C=O) groups excluding carboxylic acids is 2. The molecule has 2 unspecified atom stereocenters. The van der Waals surface area contributed by atoms with Crippen LogP contribution >= 0.6 is 0 Å². The van der Waals surface area contributed by atoms with Crippen molar-refractivity contribution in [3.63, 3.8) is 0 Å². The Bertz CT molecular complexity index is 495. The molecule has 2 aliphatic rings. The van der Waals surface area contributed by atoms with Crippen LogP contribution < -0.4 is 5.32 Å². The lowest BCUT2D eigenvalue weighted by atomic mass is 10.0. The molecule has 20 heavy (non-hydrogen) atoms. The van der Waals surface area contributed by atoms with E-state index < -0.39 is 6.04 Å². The van der Waals surface area contributed by atoms with Gasteiger partial charge >= 0.3 is 0 Å². The quantitative estimate of drug-likeness (QED) is 0.846. The predicted octanol–water partition coefficient (Wildman–Crippen LogP) is 0.399. The molecule has 0 aromatic carbocycles. The molecule has 0 bridgehead atoms. The molecule has 6 heteroatoms. The van der Waals surface area contributed by atoms with Crippen molar-refractivity contribution in [1.29, 1.82) is 0 Å². The summed E-state index contributed by atoms with van der Waals surface area (Å²) in [6.07, 6.45) is 8.37. The van der Waals surface area contributed by atoms with Crippen molar-refractivity contribution < 1.29 is 9.59 Å². The van der Waals surface area contributed by atoms with Gasteiger partial charge in [0.15, 0.2) is 0 Å². The van der Waals surface area contributed by atoms with E-state index in [4.69, 9.17) is 0 Å². The van der Waals surface area contributed by atoms with Crippen molar-refractivity contribution >= 4 is 11.8 Å². The van der Waals surface area contributed by atoms with Crippen LogP contribution in [0.15, 0.2) is 18.7 Å². The Morgan fingerprint density at radius 3 is 2.80 bits per heavy atom. The van der Waals surface area contributed by atoms with E-state index in [0.717, 1.165) is 25.8 Å². The number of nitrogens with zero attached hydrogens (tertiary/aromatic N) is 3. The Morgan fingerprint density at radius 2 is 2.15 bits per heavy atom. The summed E-state index contributed by atoms with van der Waals surface area (Å²) in [5.41, 5.74) is 0. The van der Waals surface area contributed by atoms with Crippen molar-refractivity contribution in [3.8, 4) is 0 Å². The number of piperazine rings is 1. The van der Waals surface area contributed by atoms with E-state index in [9.17, 15) is 9.59 Å². The molecule has 1 N–H and O–H groups in total. The molecule has 1 aromatic rings. The second kappa shape index (κ2) is 5.26. The lowest BCUT2D eigenvalue weighted by molar-refractivity contribution is -0.149. The summed E-state index contributed by atoms with van der Waals surface area (Å²) < 4.78 is 1.99. The highest BCUT2D eigenvalue weighted by Gasteiger charge is 2.46. The number of aromatic nitrogens is 2. The van der Waals surface area contributed by atoms with Gasteiger partial charge in [-0.05, 0) is 32.1 Å². The monoisotopic (exact) mass is 276 g/mol. The fourth-order valence-corrected chi connectivity index (χ4v) is 2.86. The number of nitrogens with one attached hydrogen (secondary N) is 1. The number of imidazole rings is 1. The van der Waals surface area contributed by atoms with Gasteiger partial charge in [-0.3, -0.25) is 9.59 Å². The van der Waals surface area contributed by atoms with Crippen molar-refractivity contribution in [1.82, 2.24) is 19.8 Å². The van der Waals surface area contributed by atoms with Gasteiger partial charge in [-0.15, -0.1) is 0 Å². The summed E-state index contributed by atoms with van der Waals surface area (Å²) >= 11 is 0. The van der Waals surface area contributed by atoms with E-state index in [-0.39, 0.29) is 17.9 Å². The van der Waals surface area contributed by atoms with E-state index in [1.54, 1.807) is 24.3 Å². The maximum atomic E-state index is 12.3. The molecule has 2 fully saturated rings. The average Bonchev–Trinajstić information content (AvgIpc) is 3.11. The van der Waals surface area contributed by atoms with Crippen molar-refractivity contribution in [3.05, 3.63) is 18.7 Å². The van der Waals surface area contributed by atoms with Gasteiger partial charge < -0.3 is 14.8 Å². The zero-order valence-electron chi connectivity index (χ0n) is 11.7. The van der Waals surface area contributed by atoms with Gasteiger partial charge in [-0.25, -0.2) is 4.98 Å². The molecule has 1 aliphatic carbocycles. The highest BCUT2D eigenvalue weighted by Crippen LogP contribution is 2.37. The van der Waals surface area contributed by atoms with Crippen LogP contribution in [0, 0.1) is 5.92 Å². The number of hydrogen-bond acceptors (Lipinski definition) is 3. The molecule has 6 nitrogen and oxygen atoms in total. The van der Waals surface area contributed by atoms with Crippen LogP contribution in [0.25, 0.3) is 0 Å². The molecule has 1 saturated heterocycles. The van der Waals surface area contributed by atoms with Crippen LogP contribution in [0.1, 0.15) is 26.2 Å². The fourth-order valence-electron chi connectivity index (χ4n) is 2.86. The summed E-state index contributed by atoms with van der Waals surface area (Å²) in [6.45, 7) is 3.21. The van der Waals surface area contributed by atoms with Crippen LogP contribution in [0.2, 0.25) is 0 Å². The molecule has 3 rings (SSSR count). The first kappa shape index (κ1) is 13.1. The molecular formula is C14H20N4O2. The Morgan fingerprint density at radius 1 is 1.35 bits per heavy atom. The SMILES string of the molecule is CC1NC(=O)C(C2CC2)N(CCCn2ccnc2)C1=O. The third kappa shape index (κ3) is 2.55. The van der Waals surface area contributed by atoms with E-state index in [2.05, 4.69) is 10.3 Å². The number of rotatable bonds is 5. The van der Waals surface area contributed by atoms with Gasteiger partial charge in [0.05, 0.1) is 6.33 Å². The zero-order valence-corrected chi connectivity index (χ0v) is 11.7. The van der Waals surface area contributed by atoms with E-state index in [1.807, 2.05) is 10.8 Å². The van der Waals surface area contributed by atoms with Crippen molar-refractivity contribution in [2.75, 3.05) is 6.54 Å². The standard InChI is InChI=1S/C14H20N4O2/c1-10-14(20)18(7-2-6-17-8-5-15-9-17)12(11-3-4-11)13(19)16-10/h5,8-12H,2-4,6-7H2,1H3,(H,16,19). The Labute approximate surface area is 118 Å². The van der Waals surface area contributed by atoms with Crippen LogP contribution in [0.3, 0.4) is 0 Å². The second-order valence-electron chi connectivity index (χ2n) is 5.70. The lowest BCUT2D eigenvalue weighted by Gasteiger charge is -2.38. The molecule has 0 spiro atoms. The third-order valence-electron chi connectivity index (χ3n) is 4.06. The van der Waals surface area contributed by atoms with Gasteiger partial charge in [-0.1, -0.05) is 0 Å². The highest BCUT2D eigenvalue weighted by molar-refractivity contribution is 5.97. The maximum Gasteiger partial charge on any atom is 0.245 e. The number of hydrogen-bond donors (Lipinski definition) is 1. The molecular weight excluding hydrogens is 256 g/mol. The van der Waals surface area contributed by atoms with Crippen LogP contribution in [-0.4, -0.2) is 44.9 Å². The molecule has 1 aromatic heterocycles. The predicted molar refractivity (Wildman–Crippen MR) is 72.7 cm³/mol. The maximum absolute atomic E-state index is 12.3. The zero-order chi connectivity index (χ0) is 14.1. The van der Waals surface area contributed by atoms with Gasteiger partial charge in [0.2, 0.25) is 11.8 Å². The van der Waals surface area contributed by atoms with Crippen LogP contribution in [-0.2, 0) is 16.1 Å². The number of aryl methyl sites for hydroxylation is 1. The van der Waals surface area contributed by atoms with Crippen LogP contribution in [0.4, 0.5) is 0 Å².